The molecular formula is C7H14N5O3-. The lowest BCUT2D eigenvalue weighted by molar-refractivity contribution is -0.528. The highest BCUT2D eigenvalue weighted by atomic mass is 16.6. The van der Waals surface area contributed by atoms with E-state index in [4.69, 9.17) is 5.73 Å². The monoisotopic (exact) mass is 216 g/mol. The van der Waals surface area contributed by atoms with E-state index in [1.165, 1.54) is 0 Å². The fourth-order valence-corrected chi connectivity index (χ4v) is 2.27. The number of rotatable bonds is 1. The second kappa shape index (κ2) is 3.99. The molecule has 1 saturated heterocycles. The van der Waals surface area contributed by atoms with Gasteiger partial charge in [-0.25, -0.2) is 5.43 Å². The number of nitrogens with one attached hydrogen (secondary N) is 2. The molecule has 4 N–H and O–H groups in total. The molecule has 0 aromatic rings. The largest absolute Gasteiger partial charge is 0.771 e. The van der Waals surface area contributed by atoms with Gasteiger partial charge < -0.3 is 16.1 Å². The molecule has 0 aromatic carbocycles. The van der Waals surface area contributed by atoms with Gasteiger partial charge in [-0.1, -0.05) is 0 Å². The highest BCUT2D eigenvalue weighted by Gasteiger charge is 2.39. The van der Waals surface area contributed by atoms with Crippen LogP contribution in [0.15, 0.2) is 0 Å². The number of hydrogen-bond donors (Lipinski definition) is 3. The summed E-state index contributed by atoms with van der Waals surface area (Å²) >= 11 is 0. The number of hydrogen-bond acceptors (Lipinski definition) is 7. The van der Waals surface area contributed by atoms with Crippen LogP contribution in [0.25, 0.3) is 0 Å². The van der Waals surface area contributed by atoms with Crippen LogP contribution < -0.4 is 16.5 Å². The Morgan fingerprint density at radius 2 is 2.20 bits per heavy atom. The molecule has 1 aliphatic heterocycles. The summed E-state index contributed by atoms with van der Waals surface area (Å²) in [6.07, 6.45) is 0.830. The van der Waals surface area contributed by atoms with Gasteiger partial charge in [-0.3, -0.25) is 15.4 Å². The van der Waals surface area contributed by atoms with Crippen molar-refractivity contribution in [1.82, 2.24) is 15.9 Å². The molecule has 4 unspecified atom stereocenters. The van der Waals surface area contributed by atoms with E-state index in [0.29, 0.717) is 18.0 Å². The average Bonchev–Trinajstić information content (AvgIpc) is 2.16. The molecule has 2 rings (SSSR count). The summed E-state index contributed by atoms with van der Waals surface area (Å²) in [7, 11) is 0. The van der Waals surface area contributed by atoms with Crippen LogP contribution in [0.5, 0.6) is 0 Å². The lowest BCUT2D eigenvalue weighted by Gasteiger charge is -2.50. The molecule has 0 bridgehead atoms. The first-order valence-electron chi connectivity index (χ1n) is 4.95. The van der Waals surface area contributed by atoms with Crippen LogP contribution in [0.2, 0.25) is 0 Å². The maximum atomic E-state index is 11.5. The number of hydroxylamine groups is 1. The summed E-state index contributed by atoms with van der Waals surface area (Å²) in [4.78, 5) is 10.3. The van der Waals surface area contributed by atoms with E-state index in [0.717, 1.165) is 0 Å². The van der Waals surface area contributed by atoms with Gasteiger partial charge in [-0.2, -0.15) is 0 Å². The Bertz CT molecular complexity index is 263. The minimum absolute atomic E-state index is 0.0463. The van der Waals surface area contributed by atoms with Crippen LogP contribution in [-0.4, -0.2) is 34.5 Å². The van der Waals surface area contributed by atoms with Gasteiger partial charge in [0, 0.05) is 29.8 Å². The molecule has 0 amide bonds. The van der Waals surface area contributed by atoms with Crippen molar-refractivity contribution in [3.63, 3.8) is 0 Å². The zero-order valence-corrected chi connectivity index (χ0v) is 8.13. The van der Waals surface area contributed by atoms with Crippen molar-refractivity contribution in [3.05, 3.63) is 15.3 Å². The van der Waals surface area contributed by atoms with Gasteiger partial charge in [0.25, 0.3) is 0 Å². The Morgan fingerprint density at radius 3 is 2.87 bits per heavy atom. The summed E-state index contributed by atoms with van der Waals surface area (Å²) in [6, 6.07) is -1.05. The molecule has 8 heteroatoms. The highest BCUT2D eigenvalue weighted by molar-refractivity contribution is 4.94. The first kappa shape index (κ1) is 10.7. The van der Waals surface area contributed by atoms with Gasteiger partial charge in [-0.15, -0.1) is 0 Å². The molecular weight excluding hydrogens is 202 g/mol. The van der Waals surface area contributed by atoms with E-state index in [2.05, 4.69) is 10.7 Å². The lowest BCUT2D eigenvalue weighted by Crippen LogP contribution is -2.71. The fraction of sp³-hybridized carbons (Fsp3) is 1.00. The summed E-state index contributed by atoms with van der Waals surface area (Å²) in [5, 5.41) is 25.8. The smallest absolute Gasteiger partial charge is 0.214 e. The van der Waals surface area contributed by atoms with Crippen molar-refractivity contribution in [2.24, 2.45) is 5.73 Å². The maximum absolute atomic E-state index is 11.5. The SMILES string of the molecule is NC1NC2CCC([N+](=O)[O-])CC2N([O-])N1. The van der Waals surface area contributed by atoms with Crippen LogP contribution in [0.1, 0.15) is 19.3 Å². The summed E-state index contributed by atoms with van der Waals surface area (Å²) in [6.45, 7) is 0. The van der Waals surface area contributed by atoms with Crippen LogP contribution in [-0.2, 0) is 0 Å². The van der Waals surface area contributed by atoms with Crippen molar-refractivity contribution in [1.29, 1.82) is 0 Å². The minimum atomic E-state index is -0.611. The number of hydrazine groups is 1. The number of nitro groups is 1. The molecule has 0 aromatic heterocycles. The van der Waals surface area contributed by atoms with E-state index < -0.39 is 18.4 Å². The van der Waals surface area contributed by atoms with Gasteiger partial charge in [0.2, 0.25) is 6.04 Å². The third kappa shape index (κ3) is 2.08. The third-order valence-electron chi connectivity index (χ3n) is 3.05. The lowest BCUT2D eigenvalue weighted by atomic mass is 9.86. The van der Waals surface area contributed by atoms with Crippen LogP contribution in [0.3, 0.4) is 0 Å². The van der Waals surface area contributed by atoms with Gasteiger partial charge in [0.15, 0.2) is 0 Å². The molecule has 1 heterocycles. The van der Waals surface area contributed by atoms with E-state index in [-0.39, 0.29) is 17.4 Å². The van der Waals surface area contributed by atoms with Crippen molar-refractivity contribution < 1.29 is 4.92 Å². The average molecular weight is 216 g/mol. The molecule has 0 spiro atoms. The predicted octanol–water partition coefficient (Wildman–Crippen LogP) is -1.30. The second-order valence-electron chi connectivity index (χ2n) is 4.03. The molecule has 8 nitrogen and oxygen atoms in total. The van der Waals surface area contributed by atoms with Gasteiger partial charge >= 0.3 is 0 Å². The topological polar surface area (TPSA) is 120 Å². The van der Waals surface area contributed by atoms with Crippen molar-refractivity contribution in [2.45, 2.75) is 43.7 Å². The second-order valence-corrected chi connectivity index (χ2v) is 4.03. The Balaban J connectivity index is 2.03. The van der Waals surface area contributed by atoms with E-state index in [1.54, 1.807) is 0 Å². The van der Waals surface area contributed by atoms with Crippen molar-refractivity contribution in [3.8, 4) is 0 Å². The molecule has 1 aliphatic carbocycles. The van der Waals surface area contributed by atoms with Gasteiger partial charge in [0.05, 0.1) is 0 Å². The molecule has 1 saturated carbocycles. The molecule has 2 aliphatic rings. The molecule has 2 fully saturated rings. The van der Waals surface area contributed by atoms with Crippen LogP contribution in [0, 0.1) is 15.3 Å². The standard InChI is InChI=1S/C7H14N5O3/c8-7-9-5-2-1-4(12(14)15)3-6(5)11(13)10-7/h4-7,9-10H,1-3,8H2/q-1. The Labute approximate surface area is 86.5 Å². The molecule has 15 heavy (non-hydrogen) atoms. The van der Waals surface area contributed by atoms with Crippen LogP contribution >= 0.6 is 0 Å². The summed E-state index contributed by atoms with van der Waals surface area (Å²) in [5.41, 5.74) is 7.99. The predicted molar refractivity (Wildman–Crippen MR) is 51.7 cm³/mol. The first-order chi connectivity index (χ1) is 7.08. The van der Waals surface area contributed by atoms with Crippen molar-refractivity contribution >= 4 is 0 Å². The summed E-state index contributed by atoms with van der Waals surface area (Å²) < 4.78 is 0. The normalized spacial score (nSPS) is 42.3. The van der Waals surface area contributed by atoms with E-state index >= 15 is 0 Å². The number of nitrogens with zero attached hydrogens (tertiary/aromatic N) is 2. The third-order valence-corrected chi connectivity index (χ3v) is 3.05. The van der Waals surface area contributed by atoms with Gasteiger partial charge in [0.1, 0.15) is 6.29 Å². The Morgan fingerprint density at radius 1 is 1.47 bits per heavy atom. The minimum Gasteiger partial charge on any atom is -0.771 e. The zero-order valence-electron chi connectivity index (χ0n) is 8.13. The highest BCUT2D eigenvalue weighted by Crippen LogP contribution is 2.25. The van der Waals surface area contributed by atoms with E-state index in [9.17, 15) is 15.3 Å². The summed E-state index contributed by atoms with van der Waals surface area (Å²) in [5.74, 6) is 0. The number of fused-ring (bicyclic) bond motifs is 1. The molecule has 4 atom stereocenters. The fourth-order valence-electron chi connectivity index (χ4n) is 2.27. The quantitative estimate of drug-likeness (QED) is 0.368. The van der Waals surface area contributed by atoms with Gasteiger partial charge in [-0.05, 0) is 6.42 Å². The Kier molecular flexibility index (Phi) is 2.85. The zero-order chi connectivity index (χ0) is 11.0. The molecule has 0 radical (unpaired) electrons. The Hall–Kier alpha value is -0.800. The van der Waals surface area contributed by atoms with E-state index in [1.807, 2.05) is 0 Å². The van der Waals surface area contributed by atoms with Crippen LogP contribution in [0.4, 0.5) is 0 Å². The maximum Gasteiger partial charge on any atom is 0.214 e. The molecule has 86 valence electrons. The first-order valence-corrected chi connectivity index (χ1v) is 4.95. The van der Waals surface area contributed by atoms with Crippen molar-refractivity contribution in [2.75, 3.05) is 0 Å². The number of nitrogens with two attached hydrogens (primary N) is 1.